The summed E-state index contributed by atoms with van der Waals surface area (Å²) in [5.74, 6) is -2.30. The first-order valence-electron chi connectivity index (χ1n) is 9.76. The number of nitro groups is 1. The van der Waals surface area contributed by atoms with Crippen molar-refractivity contribution in [1.29, 1.82) is 0 Å². The first-order chi connectivity index (χ1) is 15.7. The van der Waals surface area contributed by atoms with Gasteiger partial charge >= 0.3 is 0 Å². The summed E-state index contributed by atoms with van der Waals surface area (Å²) < 4.78 is 0. The molecule has 3 aromatic carbocycles. The predicted octanol–water partition coefficient (Wildman–Crippen LogP) is 5.84. The fourth-order valence-corrected chi connectivity index (χ4v) is 4.01. The van der Waals surface area contributed by atoms with Crippen LogP contribution in [0, 0.1) is 17.0 Å². The van der Waals surface area contributed by atoms with Crippen LogP contribution in [0.2, 0.25) is 10.0 Å². The van der Waals surface area contributed by atoms with E-state index < -0.39 is 28.4 Å². The number of rotatable bonds is 4. The number of halogens is 2. The van der Waals surface area contributed by atoms with Crippen molar-refractivity contribution < 1.29 is 19.6 Å². The fraction of sp³-hybridized carbons (Fsp3) is 0.0833. The number of carbonyl (C=O) groups excluding carboxylic acids is 2. The Morgan fingerprint density at radius 1 is 1.03 bits per heavy atom. The maximum Gasteiger partial charge on any atom is 0.300 e. The van der Waals surface area contributed by atoms with Gasteiger partial charge in [-0.2, -0.15) is 0 Å². The molecule has 33 heavy (non-hydrogen) atoms. The average Bonchev–Trinajstić information content (AvgIpc) is 3.06. The molecule has 9 heteroatoms. The summed E-state index contributed by atoms with van der Waals surface area (Å²) in [6, 6.07) is 15.7. The first kappa shape index (κ1) is 22.5. The standard InChI is InChI=1S/C24H16Cl2N2O5/c1-13-5-10-17(12-19(13)26)27-21(14-6-8-16(25)9-7-14)20(23(30)24(27)31)22(29)15-3-2-4-18(11-15)28(32)33/h2-12,21,29H,1H3/b22-20+. The molecule has 0 spiro atoms. The highest BCUT2D eigenvalue weighted by molar-refractivity contribution is 6.51. The minimum Gasteiger partial charge on any atom is -0.507 e. The molecule has 7 nitrogen and oxygen atoms in total. The molecule has 1 aliphatic rings. The number of amides is 1. The van der Waals surface area contributed by atoms with Crippen LogP contribution in [0.3, 0.4) is 0 Å². The summed E-state index contributed by atoms with van der Waals surface area (Å²) in [7, 11) is 0. The molecule has 0 aliphatic carbocycles. The number of hydrogen-bond acceptors (Lipinski definition) is 5. The van der Waals surface area contributed by atoms with Crippen LogP contribution < -0.4 is 4.90 Å². The summed E-state index contributed by atoms with van der Waals surface area (Å²) in [6.45, 7) is 1.80. The van der Waals surface area contributed by atoms with Gasteiger partial charge in [0.2, 0.25) is 0 Å². The van der Waals surface area contributed by atoms with Gasteiger partial charge in [0.05, 0.1) is 16.5 Å². The predicted molar refractivity (Wildman–Crippen MR) is 126 cm³/mol. The Morgan fingerprint density at radius 3 is 2.36 bits per heavy atom. The zero-order valence-corrected chi connectivity index (χ0v) is 18.7. The van der Waals surface area contributed by atoms with Crippen molar-refractivity contribution in [1.82, 2.24) is 0 Å². The third-order valence-corrected chi connectivity index (χ3v) is 6.05. The van der Waals surface area contributed by atoms with E-state index >= 15 is 0 Å². The van der Waals surface area contributed by atoms with Crippen LogP contribution in [-0.2, 0) is 9.59 Å². The summed E-state index contributed by atoms with van der Waals surface area (Å²) in [6.07, 6.45) is 0. The number of nitrogens with zero attached hydrogens (tertiary/aromatic N) is 2. The van der Waals surface area contributed by atoms with Crippen LogP contribution in [0.25, 0.3) is 5.76 Å². The second kappa shape index (κ2) is 8.69. The topological polar surface area (TPSA) is 101 Å². The van der Waals surface area contributed by atoms with E-state index in [2.05, 4.69) is 0 Å². The lowest BCUT2D eigenvalue weighted by Crippen LogP contribution is -2.29. The normalized spacial score (nSPS) is 17.4. The molecule has 1 saturated heterocycles. The molecule has 1 unspecified atom stereocenters. The zero-order chi connectivity index (χ0) is 23.9. The molecule has 166 valence electrons. The molecular weight excluding hydrogens is 467 g/mol. The third kappa shape index (κ3) is 4.08. The largest absolute Gasteiger partial charge is 0.507 e. The van der Waals surface area contributed by atoms with Crippen LogP contribution in [0.1, 0.15) is 22.7 Å². The average molecular weight is 483 g/mol. The molecule has 0 radical (unpaired) electrons. The van der Waals surface area contributed by atoms with Gasteiger partial charge in [0.15, 0.2) is 0 Å². The summed E-state index contributed by atoms with van der Waals surface area (Å²) in [5.41, 5.74) is 1.26. The molecule has 1 fully saturated rings. The monoisotopic (exact) mass is 482 g/mol. The van der Waals surface area contributed by atoms with Crippen molar-refractivity contribution >= 4 is 52.0 Å². The van der Waals surface area contributed by atoms with Gasteiger partial charge in [-0.15, -0.1) is 0 Å². The second-order valence-electron chi connectivity index (χ2n) is 7.46. The summed E-state index contributed by atoms with van der Waals surface area (Å²) in [4.78, 5) is 38.1. The highest BCUT2D eigenvalue weighted by Gasteiger charge is 2.47. The van der Waals surface area contributed by atoms with E-state index in [1.54, 1.807) is 49.4 Å². The van der Waals surface area contributed by atoms with E-state index in [-0.39, 0.29) is 16.8 Å². The Labute approximate surface area is 198 Å². The number of non-ortho nitro benzene ring substituents is 1. The van der Waals surface area contributed by atoms with Crippen molar-refractivity contribution in [3.05, 3.63) is 109 Å². The van der Waals surface area contributed by atoms with E-state index in [9.17, 15) is 24.8 Å². The van der Waals surface area contributed by atoms with Gasteiger partial charge in [-0.3, -0.25) is 24.6 Å². The van der Waals surface area contributed by atoms with E-state index in [1.807, 2.05) is 0 Å². The van der Waals surface area contributed by atoms with Gasteiger partial charge in [-0.25, -0.2) is 0 Å². The van der Waals surface area contributed by atoms with E-state index in [0.717, 1.165) is 11.6 Å². The number of Topliss-reactive ketones (excluding diaryl/α,β-unsaturated/α-hetero) is 1. The van der Waals surface area contributed by atoms with Gasteiger partial charge in [-0.1, -0.05) is 53.5 Å². The molecule has 0 saturated carbocycles. The Morgan fingerprint density at radius 2 is 1.73 bits per heavy atom. The lowest BCUT2D eigenvalue weighted by molar-refractivity contribution is -0.384. The molecular formula is C24H16Cl2N2O5. The van der Waals surface area contributed by atoms with Crippen molar-refractivity contribution in [2.75, 3.05) is 4.90 Å². The number of benzene rings is 3. The van der Waals surface area contributed by atoms with Crippen molar-refractivity contribution in [2.45, 2.75) is 13.0 Å². The molecule has 1 atom stereocenters. The highest BCUT2D eigenvalue weighted by atomic mass is 35.5. The Bertz CT molecular complexity index is 1330. The molecule has 1 amide bonds. The molecule has 4 rings (SSSR count). The molecule has 1 N–H and O–H groups in total. The lowest BCUT2D eigenvalue weighted by Gasteiger charge is -2.26. The number of anilines is 1. The summed E-state index contributed by atoms with van der Waals surface area (Å²) >= 11 is 12.3. The van der Waals surface area contributed by atoms with Crippen molar-refractivity contribution in [3.8, 4) is 0 Å². The van der Waals surface area contributed by atoms with Crippen molar-refractivity contribution in [2.24, 2.45) is 0 Å². The van der Waals surface area contributed by atoms with Crippen LogP contribution in [-0.4, -0.2) is 21.7 Å². The Balaban J connectivity index is 1.96. The fourth-order valence-electron chi connectivity index (χ4n) is 3.71. The molecule has 0 bridgehead atoms. The minimum atomic E-state index is -1.000. The molecule has 0 aromatic heterocycles. The van der Waals surface area contributed by atoms with Crippen LogP contribution in [0.5, 0.6) is 0 Å². The lowest BCUT2D eigenvalue weighted by atomic mass is 9.95. The smallest absolute Gasteiger partial charge is 0.300 e. The van der Waals surface area contributed by atoms with Gasteiger partial charge in [-0.05, 0) is 42.3 Å². The summed E-state index contributed by atoms with van der Waals surface area (Å²) in [5, 5.41) is 23.1. The van der Waals surface area contributed by atoms with Gasteiger partial charge in [0.25, 0.3) is 17.4 Å². The molecule has 3 aromatic rings. The maximum absolute atomic E-state index is 13.1. The number of carbonyl (C=O) groups is 2. The first-order valence-corrected chi connectivity index (χ1v) is 10.5. The maximum atomic E-state index is 13.1. The van der Waals surface area contributed by atoms with E-state index in [1.165, 1.54) is 23.1 Å². The number of aryl methyl sites for hydroxylation is 1. The second-order valence-corrected chi connectivity index (χ2v) is 8.31. The van der Waals surface area contributed by atoms with Crippen molar-refractivity contribution in [3.63, 3.8) is 0 Å². The van der Waals surface area contributed by atoms with Crippen LogP contribution in [0.4, 0.5) is 11.4 Å². The Hall–Kier alpha value is -3.68. The number of aliphatic hydroxyl groups is 1. The van der Waals surface area contributed by atoms with E-state index in [0.29, 0.717) is 21.3 Å². The zero-order valence-electron chi connectivity index (χ0n) is 17.2. The Kier molecular flexibility index (Phi) is 5.93. The quantitative estimate of drug-likeness (QED) is 0.165. The van der Waals surface area contributed by atoms with Gasteiger partial charge in [0, 0.05) is 33.4 Å². The number of aliphatic hydroxyl groups excluding tert-OH is 1. The highest BCUT2D eigenvalue weighted by Crippen LogP contribution is 2.43. The molecule has 1 aliphatic heterocycles. The third-order valence-electron chi connectivity index (χ3n) is 5.39. The van der Waals surface area contributed by atoms with Crippen LogP contribution in [0.15, 0.2) is 72.3 Å². The molecule has 1 heterocycles. The number of ketones is 1. The minimum absolute atomic E-state index is 0.0445. The van der Waals surface area contributed by atoms with E-state index in [4.69, 9.17) is 23.2 Å². The SMILES string of the molecule is Cc1ccc(N2C(=O)C(=O)/C(=C(/O)c3cccc([N+](=O)[O-])c3)C2c2ccc(Cl)cc2)cc1Cl. The number of nitro benzene ring substituents is 1. The number of hydrogen-bond donors (Lipinski definition) is 1. The van der Waals surface area contributed by atoms with Gasteiger partial charge in [0.1, 0.15) is 5.76 Å². The van der Waals surface area contributed by atoms with Gasteiger partial charge < -0.3 is 5.11 Å². The van der Waals surface area contributed by atoms with Crippen LogP contribution >= 0.6 is 23.2 Å².